The first-order valence-electron chi connectivity index (χ1n) is 9.83. The van der Waals surface area contributed by atoms with E-state index in [2.05, 4.69) is 9.97 Å². The van der Waals surface area contributed by atoms with E-state index in [9.17, 15) is 9.59 Å². The normalized spacial score (nSPS) is 13.7. The summed E-state index contributed by atoms with van der Waals surface area (Å²) in [5.74, 6) is 0.449. The Labute approximate surface area is 174 Å². The SMILES string of the molecule is O=C(c1ccccc1)c1cnc(N2CCN(C(=O)OCc3ccccc3)CC2)nc1. The summed E-state index contributed by atoms with van der Waals surface area (Å²) in [6.45, 7) is 2.53. The highest BCUT2D eigenvalue weighted by molar-refractivity contribution is 6.08. The van der Waals surface area contributed by atoms with Gasteiger partial charge in [0.25, 0.3) is 0 Å². The van der Waals surface area contributed by atoms with Crippen LogP contribution in [0.1, 0.15) is 21.5 Å². The average Bonchev–Trinajstić information content (AvgIpc) is 2.83. The van der Waals surface area contributed by atoms with Crippen molar-refractivity contribution in [1.82, 2.24) is 14.9 Å². The van der Waals surface area contributed by atoms with Crippen LogP contribution in [0.25, 0.3) is 0 Å². The fourth-order valence-electron chi connectivity index (χ4n) is 3.26. The Morgan fingerprint density at radius 3 is 2.03 bits per heavy atom. The van der Waals surface area contributed by atoms with E-state index in [1.165, 1.54) is 0 Å². The zero-order valence-corrected chi connectivity index (χ0v) is 16.5. The van der Waals surface area contributed by atoms with Crippen molar-refractivity contribution in [2.24, 2.45) is 0 Å². The first-order valence-corrected chi connectivity index (χ1v) is 9.83. The van der Waals surface area contributed by atoms with E-state index in [1.807, 2.05) is 53.4 Å². The van der Waals surface area contributed by atoms with Crippen LogP contribution >= 0.6 is 0 Å². The van der Waals surface area contributed by atoms with Crippen molar-refractivity contribution in [3.05, 3.63) is 89.7 Å². The van der Waals surface area contributed by atoms with Crippen molar-refractivity contribution in [2.75, 3.05) is 31.1 Å². The van der Waals surface area contributed by atoms with Gasteiger partial charge in [-0.2, -0.15) is 0 Å². The number of carbonyl (C=O) groups excluding carboxylic acids is 2. The lowest BCUT2D eigenvalue weighted by molar-refractivity contribution is 0.0940. The van der Waals surface area contributed by atoms with Gasteiger partial charge in [-0.25, -0.2) is 14.8 Å². The number of carbonyl (C=O) groups is 2. The number of benzene rings is 2. The summed E-state index contributed by atoms with van der Waals surface area (Å²) in [6.07, 6.45) is 2.79. The lowest BCUT2D eigenvalue weighted by Gasteiger charge is -2.34. The van der Waals surface area contributed by atoms with Gasteiger partial charge >= 0.3 is 6.09 Å². The molecule has 0 N–H and O–H groups in total. The summed E-state index contributed by atoms with van der Waals surface area (Å²) < 4.78 is 5.39. The molecule has 2 aromatic carbocycles. The topological polar surface area (TPSA) is 75.6 Å². The molecule has 0 aliphatic carbocycles. The fourth-order valence-corrected chi connectivity index (χ4v) is 3.26. The van der Waals surface area contributed by atoms with Gasteiger partial charge in [0.15, 0.2) is 5.78 Å². The molecule has 0 unspecified atom stereocenters. The predicted octanol–water partition coefficient (Wildman–Crippen LogP) is 3.17. The molecule has 0 bridgehead atoms. The van der Waals surface area contributed by atoms with Crippen LogP contribution in [0.2, 0.25) is 0 Å². The van der Waals surface area contributed by atoms with Crippen molar-refractivity contribution < 1.29 is 14.3 Å². The molecule has 30 heavy (non-hydrogen) atoms. The van der Waals surface area contributed by atoms with Gasteiger partial charge in [-0.05, 0) is 5.56 Å². The van der Waals surface area contributed by atoms with E-state index in [-0.39, 0.29) is 18.5 Å². The molecule has 1 saturated heterocycles. The summed E-state index contributed by atoms with van der Waals surface area (Å²) in [5.41, 5.74) is 2.02. The van der Waals surface area contributed by atoms with Gasteiger partial charge in [-0.15, -0.1) is 0 Å². The van der Waals surface area contributed by atoms with Gasteiger partial charge in [-0.1, -0.05) is 60.7 Å². The molecule has 1 aliphatic heterocycles. The third-order valence-electron chi connectivity index (χ3n) is 4.96. The second-order valence-electron chi connectivity index (χ2n) is 6.98. The van der Waals surface area contributed by atoms with Crippen molar-refractivity contribution >= 4 is 17.8 Å². The molecule has 0 saturated carbocycles. The van der Waals surface area contributed by atoms with Crippen molar-refractivity contribution in [1.29, 1.82) is 0 Å². The Hall–Kier alpha value is -3.74. The van der Waals surface area contributed by atoms with Crippen molar-refractivity contribution in [2.45, 2.75) is 6.61 Å². The Balaban J connectivity index is 1.29. The molecule has 0 atom stereocenters. The number of hydrogen-bond donors (Lipinski definition) is 0. The van der Waals surface area contributed by atoms with Crippen LogP contribution in [0.4, 0.5) is 10.7 Å². The number of anilines is 1. The summed E-state index contributed by atoms with van der Waals surface area (Å²) >= 11 is 0. The van der Waals surface area contributed by atoms with E-state index in [1.54, 1.807) is 29.4 Å². The molecule has 1 aromatic heterocycles. The van der Waals surface area contributed by atoms with E-state index in [0.29, 0.717) is 43.3 Å². The van der Waals surface area contributed by atoms with E-state index in [0.717, 1.165) is 5.56 Å². The molecular weight excluding hydrogens is 380 g/mol. The Kier molecular flexibility index (Phi) is 5.98. The molecule has 4 rings (SSSR count). The highest BCUT2D eigenvalue weighted by atomic mass is 16.6. The number of ketones is 1. The highest BCUT2D eigenvalue weighted by Gasteiger charge is 2.24. The third-order valence-corrected chi connectivity index (χ3v) is 4.96. The van der Waals surface area contributed by atoms with Crippen LogP contribution < -0.4 is 4.90 Å². The lowest BCUT2D eigenvalue weighted by Crippen LogP contribution is -2.49. The molecule has 7 nitrogen and oxygen atoms in total. The van der Waals surface area contributed by atoms with E-state index >= 15 is 0 Å². The number of rotatable bonds is 5. The van der Waals surface area contributed by atoms with Gasteiger partial charge in [-0.3, -0.25) is 4.79 Å². The van der Waals surface area contributed by atoms with Crippen molar-refractivity contribution in [3.8, 4) is 0 Å². The monoisotopic (exact) mass is 402 g/mol. The molecular formula is C23H22N4O3. The van der Waals surface area contributed by atoms with Gasteiger partial charge in [0.2, 0.25) is 5.95 Å². The molecule has 7 heteroatoms. The average molecular weight is 402 g/mol. The maximum Gasteiger partial charge on any atom is 0.410 e. The number of piperazine rings is 1. The number of hydrogen-bond acceptors (Lipinski definition) is 6. The van der Waals surface area contributed by atoms with Gasteiger partial charge in [0, 0.05) is 44.1 Å². The van der Waals surface area contributed by atoms with Gasteiger partial charge in [0.1, 0.15) is 6.61 Å². The third kappa shape index (κ3) is 4.63. The summed E-state index contributed by atoms with van der Waals surface area (Å²) in [7, 11) is 0. The molecule has 1 fully saturated rings. The van der Waals surface area contributed by atoms with Crippen LogP contribution in [0, 0.1) is 0 Å². The lowest BCUT2D eigenvalue weighted by atomic mass is 10.1. The fraction of sp³-hybridized carbons (Fsp3) is 0.217. The van der Waals surface area contributed by atoms with Gasteiger partial charge < -0.3 is 14.5 Å². The molecule has 2 heterocycles. The molecule has 0 radical (unpaired) electrons. The molecule has 1 amide bonds. The van der Waals surface area contributed by atoms with E-state index < -0.39 is 0 Å². The quantitative estimate of drug-likeness (QED) is 0.610. The summed E-state index contributed by atoms with van der Waals surface area (Å²) in [6, 6.07) is 18.7. The predicted molar refractivity (Wildman–Crippen MR) is 112 cm³/mol. The standard InChI is InChI=1S/C23H22N4O3/c28-21(19-9-5-2-6-10-19)20-15-24-22(25-16-20)26-11-13-27(14-12-26)23(29)30-17-18-7-3-1-4-8-18/h1-10,15-16H,11-14,17H2. The second kappa shape index (κ2) is 9.17. The van der Waals surface area contributed by atoms with Crippen LogP contribution in [-0.2, 0) is 11.3 Å². The summed E-state index contributed by atoms with van der Waals surface area (Å²) in [4.78, 5) is 37.1. The maximum absolute atomic E-state index is 12.5. The molecule has 0 spiro atoms. The number of ether oxygens (including phenoxy) is 1. The number of aromatic nitrogens is 2. The minimum atomic E-state index is -0.316. The number of nitrogens with zero attached hydrogens (tertiary/aromatic N) is 4. The smallest absolute Gasteiger partial charge is 0.410 e. The van der Waals surface area contributed by atoms with Crippen LogP contribution in [0.3, 0.4) is 0 Å². The summed E-state index contributed by atoms with van der Waals surface area (Å²) in [5, 5.41) is 0. The largest absolute Gasteiger partial charge is 0.445 e. The Morgan fingerprint density at radius 2 is 1.40 bits per heavy atom. The first-order chi connectivity index (χ1) is 14.7. The number of amides is 1. The molecule has 1 aliphatic rings. The Bertz CT molecular complexity index is 986. The van der Waals surface area contributed by atoms with Crippen LogP contribution in [-0.4, -0.2) is 52.9 Å². The zero-order chi connectivity index (χ0) is 20.8. The zero-order valence-electron chi connectivity index (χ0n) is 16.5. The van der Waals surface area contributed by atoms with Crippen molar-refractivity contribution in [3.63, 3.8) is 0 Å². The van der Waals surface area contributed by atoms with Gasteiger partial charge in [0.05, 0.1) is 5.56 Å². The highest BCUT2D eigenvalue weighted by Crippen LogP contribution is 2.14. The first kappa shape index (κ1) is 19.6. The van der Waals surface area contributed by atoms with Crippen LogP contribution in [0.15, 0.2) is 73.1 Å². The molecule has 3 aromatic rings. The minimum Gasteiger partial charge on any atom is -0.445 e. The Morgan fingerprint density at radius 1 is 0.800 bits per heavy atom. The van der Waals surface area contributed by atoms with Crippen LogP contribution in [0.5, 0.6) is 0 Å². The minimum absolute atomic E-state index is 0.104. The maximum atomic E-state index is 12.5. The second-order valence-corrected chi connectivity index (χ2v) is 6.98. The van der Waals surface area contributed by atoms with E-state index in [4.69, 9.17) is 4.74 Å². The molecule has 152 valence electrons.